The van der Waals surface area contributed by atoms with Gasteiger partial charge in [0.1, 0.15) is 24.7 Å². The fourth-order valence-corrected chi connectivity index (χ4v) is 3.06. The van der Waals surface area contributed by atoms with Crippen molar-refractivity contribution in [3.63, 3.8) is 0 Å². The number of hydrogen-bond donors (Lipinski definition) is 1. The molecule has 0 fully saturated rings. The van der Waals surface area contributed by atoms with Gasteiger partial charge in [0, 0.05) is 5.56 Å². The van der Waals surface area contributed by atoms with Crippen LogP contribution in [0.4, 0.5) is 13.2 Å². The van der Waals surface area contributed by atoms with Gasteiger partial charge in [-0.2, -0.15) is 13.2 Å². The van der Waals surface area contributed by atoms with E-state index in [9.17, 15) is 26.4 Å². The molecule has 0 saturated heterocycles. The Labute approximate surface area is 175 Å². The molecule has 0 atom stereocenters. The van der Waals surface area contributed by atoms with E-state index in [0.717, 1.165) is 12.1 Å². The first-order valence-electron chi connectivity index (χ1n) is 8.74. The molecular weight excluding hydrogens is 439 g/mol. The predicted octanol–water partition coefficient (Wildman–Crippen LogP) is 3.85. The van der Waals surface area contributed by atoms with Gasteiger partial charge in [-0.1, -0.05) is 12.1 Å². The number of halogens is 3. The maximum atomic E-state index is 12.8. The first-order valence-corrected chi connectivity index (χ1v) is 10.3. The molecule has 0 spiro atoms. The van der Waals surface area contributed by atoms with Crippen molar-refractivity contribution in [3.8, 4) is 17.1 Å². The highest BCUT2D eigenvalue weighted by Gasteiger charge is 2.30. The molecule has 7 nitrogen and oxygen atoms in total. The van der Waals surface area contributed by atoms with E-state index in [4.69, 9.17) is 19.0 Å². The fourth-order valence-electron chi connectivity index (χ4n) is 2.54. The van der Waals surface area contributed by atoms with Crippen molar-refractivity contribution < 1.29 is 40.3 Å². The summed E-state index contributed by atoms with van der Waals surface area (Å²) in [6.45, 7) is -0.170. The van der Waals surface area contributed by atoms with E-state index in [0.29, 0.717) is 5.75 Å². The van der Waals surface area contributed by atoms with E-state index in [1.54, 1.807) is 0 Å². The zero-order valence-electron chi connectivity index (χ0n) is 15.8. The Bertz CT molecular complexity index is 1170. The Hall–Kier alpha value is -3.31. The summed E-state index contributed by atoms with van der Waals surface area (Å²) in [5, 5.41) is 5.00. The predicted molar refractivity (Wildman–Crippen MR) is 103 cm³/mol. The average molecular weight is 455 g/mol. The summed E-state index contributed by atoms with van der Waals surface area (Å²) in [5.74, 6) is -0.561. The summed E-state index contributed by atoms with van der Waals surface area (Å²) in [5.41, 5.74) is -0.667. The number of hydrogen-bond acceptors (Lipinski definition) is 6. The number of furan rings is 1. The highest BCUT2D eigenvalue weighted by molar-refractivity contribution is 7.89. The lowest BCUT2D eigenvalue weighted by Crippen LogP contribution is -2.13. The van der Waals surface area contributed by atoms with Gasteiger partial charge in [0.15, 0.2) is 0 Å². The van der Waals surface area contributed by atoms with Crippen LogP contribution in [0.5, 0.6) is 5.75 Å². The van der Waals surface area contributed by atoms with Gasteiger partial charge in [0.2, 0.25) is 15.8 Å². The molecule has 0 bridgehead atoms. The molecule has 0 radical (unpaired) electrons. The number of nitrogens with two attached hydrogens (primary N) is 1. The highest BCUT2D eigenvalue weighted by Crippen LogP contribution is 2.32. The summed E-state index contributed by atoms with van der Waals surface area (Å²) in [6.07, 6.45) is -4.50. The van der Waals surface area contributed by atoms with E-state index < -0.39 is 27.7 Å². The lowest BCUT2D eigenvalue weighted by Gasteiger charge is -2.08. The van der Waals surface area contributed by atoms with Crippen molar-refractivity contribution in [1.82, 2.24) is 0 Å². The second kappa shape index (κ2) is 8.82. The van der Waals surface area contributed by atoms with Crippen molar-refractivity contribution >= 4 is 16.0 Å². The van der Waals surface area contributed by atoms with Crippen LogP contribution in [-0.2, 0) is 20.9 Å². The van der Waals surface area contributed by atoms with Crippen molar-refractivity contribution in [1.29, 1.82) is 0 Å². The van der Waals surface area contributed by atoms with Gasteiger partial charge in [-0.15, -0.1) is 0 Å². The van der Waals surface area contributed by atoms with Crippen LogP contribution in [0.2, 0.25) is 0 Å². The molecule has 31 heavy (non-hydrogen) atoms. The smallest absolute Gasteiger partial charge is 0.416 e. The molecule has 1 heterocycles. The molecule has 0 aliphatic carbocycles. The van der Waals surface area contributed by atoms with Gasteiger partial charge in [-0.3, -0.25) is 0 Å². The van der Waals surface area contributed by atoms with E-state index in [2.05, 4.69) is 0 Å². The molecule has 0 aliphatic rings. The number of esters is 1. The van der Waals surface area contributed by atoms with Crippen LogP contribution in [-0.4, -0.2) is 27.6 Å². The normalized spacial score (nSPS) is 11.9. The Morgan fingerprint density at radius 1 is 1.00 bits per heavy atom. The highest BCUT2D eigenvalue weighted by atomic mass is 32.2. The Balaban J connectivity index is 1.54. The third kappa shape index (κ3) is 5.86. The summed E-state index contributed by atoms with van der Waals surface area (Å²) in [4.78, 5) is 12.0. The number of sulfonamides is 1. The van der Waals surface area contributed by atoms with Gasteiger partial charge in [0.05, 0.1) is 10.5 Å². The molecule has 11 heteroatoms. The molecule has 1 aromatic heterocycles. The van der Waals surface area contributed by atoms with Gasteiger partial charge in [-0.05, 0) is 48.5 Å². The van der Waals surface area contributed by atoms with E-state index in [1.165, 1.54) is 48.5 Å². The largest absolute Gasteiger partial charge is 0.490 e. The van der Waals surface area contributed by atoms with Crippen molar-refractivity contribution in [3.05, 3.63) is 72.0 Å². The van der Waals surface area contributed by atoms with E-state index in [-0.39, 0.29) is 35.2 Å². The van der Waals surface area contributed by atoms with Crippen LogP contribution in [0.15, 0.2) is 70.0 Å². The van der Waals surface area contributed by atoms with Crippen molar-refractivity contribution in [2.45, 2.75) is 11.1 Å². The number of ether oxygens (including phenoxy) is 2. The standard InChI is InChI=1S/C20H16F3NO6S/c21-20(22,23)14-3-1-2-13(12-14)17-8-9-18(30-17)19(25)29-11-10-28-15-4-6-16(7-5-15)31(24,26)27/h1-9,12H,10-11H2,(H2,24,26,27). The number of carbonyl (C=O) groups excluding carboxylic acids is 1. The first kappa shape index (κ1) is 22.4. The number of rotatable bonds is 7. The number of benzene rings is 2. The second-order valence-electron chi connectivity index (χ2n) is 6.24. The SMILES string of the molecule is NS(=O)(=O)c1ccc(OCCOC(=O)c2ccc(-c3cccc(C(F)(F)F)c3)o2)cc1. The van der Waals surface area contributed by atoms with Crippen LogP contribution in [0.25, 0.3) is 11.3 Å². The van der Waals surface area contributed by atoms with Crippen LogP contribution in [0, 0.1) is 0 Å². The molecule has 3 rings (SSSR count). The molecule has 0 unspecified atom stereocenters. The minimum Gasteiger partial charge on any atom is -0.490 e. The van der Waals surface area contributed by atoms with Crippen LogP contribution in [0.3, 0.4) is 0 Å². The maximum Gasteiger partial charge on any atom is 0.416 e. The average Bonchev–Trinajstić information content (AvgIpc) is 3.21. The Morgan fingerprint density at radius 3 is 2.35 bits per heavy atom. The molecular formula is C20H16F3NO6S. The monoisotopic (exact) mass is 455 g/mol. The molecule has 2 aromatic carbocycles. The third-order valence-corrected chi connectivity index (χ3v) is 4.95. The van der Waals surface area contributed by atoms with E-state index in [1.807, 2.05) is 0 Å². The summed E-state index contributed by atoms with van der Waals surface area (Å²) >= 11 is 0. The van der Waals surface area contributed by atoms with Crippen LogP contribution in [0.1, 0.15) is 16.1 Å². The molecule has 2 N–H and O–H groups in total. The molecule has 164 valence electrons. The fraction of sp³-hybridized carbons (Fsp3) is 0.150. The van der Waals surface area contributed by atoms with Crippen molar-refractivity contribution in [2.75, 3.05) is 13.2 Å². The molecule has 3 aromatic rings. The second-order valence-corrected chi connectivity index (χ2v) is 7.80. The van der Waals surface area contributed by atoms with Gasteiger partial charge in [0.25, 0.3) is 0 Å². The molecule has 0 amide bonds. The topological polar surface area (TPSA) is 109 Å². The Kier molecular flexibility index (Phi) is 6.37. The number of primary sulfonamides is 1. The van der Waals surface area contributed by atoms with Crippen LogP contribution >= 0.6 is 0 Å². The van der Waals surface area contributed by atoms with Crippen molar-refractivity contribution in [2.24, 2.45) is 5.14 Å². The zero-order valence-corrected chi connectivity index (χ0v) is 16.6. The van der Waals surface area contributed by atoms with Crippen LogP contribution < -0.4 is 9.88 Å². The first-order chi connectivity index (χ1) is 14.5. The zero-order chi connectivity index (χ0) is 22.6. The summed E-state index contributed by atoms with van der Waals surface area (Å²) < 4.78 is 76.5. The molecule has 0 aliphatic heterocycles. The summed E-state index contributed by atoms with van der Waals surface area (Å²) in [7, 11) is -3.81. The lowest BCUT2D eigenvalue weighted by molar-refractivity contribution is -0.137. The number of carbonyl (C=O) groups is 1. The van der Waals surface area contributed by atoms with Gasteiger partial charge < -0.3 is 13.9 Å². The summed E-state index contributed by atoms with van der Waals surface area (Å²) in [6, 6.07) is 12.5. The minimum absolute atomic E-state index is 0.0261. The maximum absolute atomic E-state index is 12.8. The quantitative estimate of drug-likeness (QED) is 0.428. The van der Waals surface area contributed by atoms with E-state index >= 15 is 0 Å². The van der Waals surface area contributed by atoms with Gasteiger partial charge >= 0.3 is 12.1 Å². The number of alkyl halides is 3. The Morgan fingerprint density at radius 2 is 1.71 bits per heavy atom. The molecule has 0 saturated carbocycles. The third-order valence-electron chi connectivity index (χ3n) is 4.02. The van der Waals surface area contributed by atoms with Gasteiger partial charge in [-0.25, -0.2) is 18.4 Å². The minimum atomic E-state index is -4.50. The lowest BCUT2D eigenvalue weighted by atomic mass is 10.1.